The van der Waals surface area contributed by atoms with Crippen molar-refractivity contribution in [3.05, 3.63) is 47.5 Å². The predicted molar refractivity (Wildman–Crippen MR) is 84.6 cm³/mol. The van der Waals surface area contributed by atoms with E-state index in [-0.39, 0.29) is 23.2 Å². The molecule has 0 spiro atoms. The molecule has 2 rings (SSSR count). The number of esters is 1. The number of hydrogen-bond acceptors (Lipinski definition) is 6. The van der Waals surface area contributed by atoms with Crippen molar-refractivity contribution in [3.8, 4) is 0 Å². The summed E-state index contributed by atoms with van der Waals surface area (Å²) in [5.74, 6) is -2.80. The molecule has 0 aliphatic carbocycles. The van der Waals surface area contributed by atoms with E-state index in [0.29, 0.717) is 0 Å². The molecule has 9 heteroatoms. The van der Waals surface area contributed by atoms with Gasteiger partial charge < -0.3 is 10.5 Å². The number of nitrogens with zero attached hydrogens (tertiary/aromatic N) is 1. The lowest BCUT2D eigenvalue weighted by Crippen LogP contribution is -2.42. The Labute approximate surface area is 142 Å². The van der Waals surface area contributed by atoms with Gasteiger partial charge in [-0.15, -0.1) is 6.58 Å². The number of amides is 5. The van der Waals surface area contributed by atoms with Gasteiger partial charge in [0.1, 0.15) is 0 Å². The summed E-state index contributed by atoms with van der Waals surface area (Å²) in [7, 11) is 0. The third-order valence-corrected chi connectivity index (χ3v) is 3.42. The SMILES string of the molecule is C=CCN1C(=O)c2ccc(C(=O)O[C@@H](C)C(=O)NC(N)=O)cc2C1=O. The number of carbonyl (C=O) groups is 5. The van der Waals surface area contributed by atoms with Crippen LogP contribution in [-0.4, -0.2) is 47.3 Å². The second-order valence-electron chi connectivity index (χ2n) is 5.17. The molecule has 9 nitrogen and oxygen atoms in total. The highest BCUT2D eigenvalue weighted by Crippen LogP contribution is 2.24. The minimum absolute atomic E-state index is 0.0147. The van der Waals surface area contributed by atoms with E-state index in [1.54, 1.807) is 5.32 Å². The Morgan fingerprint density at radius 3 is 2.52 bits per heavy atom. The number of nitrogens with one attached hydrogen (secondary N) is 1. The fraction of sp³-hybridized carbons (Fsp3) is 0.188. The Morgan fingerprint density at radius 1 is 1.28 bits per heavy atom. The summed E-state index contributed by atoms with van der Waals surface area (Å²) in [4.78, 5) is 59.5. The summed E-state index contributed by atoms with van der Waals surface area (Å²) in [6, 6.07) is 2.79. The number of rotatable bonds is 5. The smallest absolute Gasteiger partial charge is 0.338 e. The Kier molecular flexibility index (Phi) is 4.97. The van der Waals surface area contributed by atoms with Crippen LogP contribution in [0.5, 0.6) is 0 Å². The molecule has 1 aromatic carbocycles. The van der Waals surface area contributed by atoms with Crippen LogP contribution in [0.2, 0.25) is 0 Å². The molecule has 130 valence electrons. The number of fused-ring (bicyclic) bond motifs is 1. The summed E-state index contributed by atoms with van der Waals surface area (Å²) in [5.41, 5.74) is 5.03. The van der Waals surface area contributed by atoms with Gasteiger partial charge in [0.05, 0.1) is 16.7 Å². The van der Waals surface area contributed by atoms with Gasteiger partial charge in [-0.1, -0.05) is 6.08 Å². The summed E-state index contributed by atoms with van der Waals surface area (Å²) >= 11 is 0. The molecular weight excluding hydrogens is 330 g/mol. The van der Waals surface area contributed by atoms with E-state index < -0.39 is 35.8 Å². The van der Waals surface area contributed by atoms with Gasteiger partial charge in [-0.25, -0.2) is 9.59 Å². The molecule has 5 amide bonds. The number of benzene rings is 1. The molecule has 1 aliphatic heterocycles. The van der Waals surface area contributed by atoms with Gasteiger partial charge in [0.25, 0.3) is 17.7 Å². The van der Waals surface area contributed by atoms with Crippen molar-refractivity contribution in [1.82, 2.24) is 10.2 Å². The number of carbonyl (C=O) groups excluding carboxylic acids is 5. The maximum atomic E-state index is 12.2. The monoisotopic (exact) mass is 345 g/mol. The van der Waals surface area contributed by atoms with Crippen LogP contribution >= 0.6 is 0 Å². The maximum absolute atomic E-state index is 12.2. The first-order valence-corrected chi connectivity index (χ1v) is 7.18. The van der Waals surface area contributed by atoms with Crippen LogP contribution in [0.1, 0.15) is 38.0 Å². The number of primary amides is 1. The largest absolute Gasteiger partial charge is 0.449 e. The number of ether oxygens (including phenoxy) is 1. The molecule has 0 unspecified atom stereocenters. The van der Waals surface area contributed by atoms with Crippen molar-refractivity contribution in [1.29, 1.82) is 0 Å². The fourth-order valence-corrected chi connectivity index (χ4v) is 2.22. The molecule has 0 fully saturated rings. The van der Waals surface area contributed by atoms with E-state index in [9.17, 15) is 24.0 Å². The van der Waals surface area contributed by atoms with Crippen LogP contribution in [0.25, 0.3) is 0 Å². The molecule has 1 aromatic rings. The second kappa shape index (κ2) is 6.95. The predicted octanol–water partition coefficient (Wildman–Crippen LogP) is 0.209. The van der Waals surface area contributed by atoms with E-state index in [4.69, 9.17) is 10.5 Å². The first kappa shape index (κ1) is 17.9. The zero-order valence-electron chi connectivity index (χ0n) is 13.3. The number of urea groups is 1. The molecule has 0 saturated heterocycles. The molecule has 0 bridgehead atoms. The van der Waals surface area contributed by atoms with Gasteiger partial charge in [-0.3, -0.25) is 24.6 Å². The lowest BCUT2D eigenvalue weighted by molar-refractivity contribution is -0.127. The zero-order chi connectivity index (χ0) is 18.7. The summed E-state index contributed by atoms with van der Waals surface area (Å²) in [5, 5.41) is 1.78. The zero-order valence-corrected chi connectivity index (χ0v) is 13.3. The van der Waals surface area contributed by atoms with Gasteiger partial charge in [-0.05, 0) is 25.1 Å². The van der Waals surface area contributed by atoms with Gasteiger partial charge in [0.15, 0.2) is 6.10 Å². The average Bonchev–Trinajstić information content (AvgIpc) is 2.79. The van der Waals surface area contributed by atoms with Gasteiger partial charge in [-0.2, -0.15) is 0 Å². The maximum Gasteiger partial charge on any atom is 0.338 e. The van der Waals surface area contributed by atoms with E-state index >= 15 is 0 Å². The van der Waals surface area contributed by atoms with E-state index in [2.05, 4.69) is 6.58 Å². The summed E-state index contributed by atoms with van der Waals surface area (Å²) < 4.78 is 4.91. The molecule has 1 atom stereocenters. The highest BCUT2D eigenvalue weighted by atomic mass is 16.5. The minimum Gasteiger partial charge on any atom is -0.449 e. The molecule has 1 aliphatic rings. The van der Waals surface area contributed by atoms with Crippen molar-refractivity contribution >= 4 is 29.7 Å². The van der Waals surface area contributed by atoms with E-state index in [0.717, 1.165) is 4.90 Å². The van der Waals surface area contributed by atoms with Gasteiger partial charge in [0, 0.05) is 6.54 Å². The van der Waals surface area contributed by atoms with Crippen molar-refractivity contribution < 1.29 is 28.7 Å². The Morgan fingerprint density at radius 2 is 1.92 bits per heavy atom. The Bertz CT molecular complexity index is 801. The molecule has 0 radical (unpaired) electrons. The Balaban J connectivity index is 2.18. The Hall–Kier alpha value is -3.49. The van der Waals surface area contributed by atoms with Crippen LogP contribution in [0.4, 0.5) is 4.79 Å². The van der Waals surface area contributed by atoms with Crippen LogP contribution in [0, 0.1) is 0 Å². The van der Waals surface area contributed by atoms with Crippen LogP contribution in [0.3, 0.4) is 0 Å². The average molecular weight is 345 g/mol. The number of nitrogens with two attached hydrogens (primary N) is 1. The first-order valence-electron chi connectivity index (χ1n) is 7.18. The second-order valence-corrected chi connectivity index (χ2v) is 5.17. The molecule has 1 heterocycles. The van der Waals surface area contributed by atoms with Crippen molar-refractivity contribution in [2.45, 2.75) is 13.0 Å². The van der Waals surface area contributed by atoms with Crippen molar-refractivity contribution in [2.24, 2.45) is 5.73 Å². The lowest BCUT2D eigenvalue weighted by atomic mass is 10.1. The first-order chi connectivity index (χ1) is 11.8. The van der Waals surface area contributed by atoms with E-state index in [1.807, 2.05) is 0 Å². The number of imide groups is 2. The molecule has 25 heavy (non-hydrogen) atoms. The van der Waals surface area contributed by atoms with Crippen molar-refractivity contribution in [2.75, 3.05) is 6.54 Å². The van der Waals surface area contributed by atoms with Gasteiger partial charge in [0.2, 0.25) is 0 Å². The van der Waals surface area contributed by atoms with Crippen LogP contribution < -0.4 is 11.1 Å². The third kappa shape index (κ3) is 3.55. The minimum atomic E-state index is -1.28. The standard InChI is InChI=1S/C16H15N3O6/c1-3-6-19-13(21)10-5-4-9(7-11(10)14(19)22)15(23)25-8(2)12(20)18-16(17)24/h3-5,7-8H,1,6H2,2H3,(H3,17,18,20,24)/t8-/m0/s1. The summed E-state index contributed by atoms with van der Waals surface area (Å²) in [6.45, 7) is 4.79. The molecular formula is C16H15N3O6. The summed E-state index contributed by atoms with van der Waals surface area (Å²) in [6.07, 6.45) is 0.137. The normalized spacial score (nSPS) is 13.9. The number of hydrogen-bond donors (Lipinski definition) is 2. The third-order valence-electron chi connectivity index (χ3n) is 3.42. The molecule has 0 saturated carbocycles. The highest BCUT2D eigenvalue weighted by Gasteiger charge is 2.35. The van der Waals surface area contributed by atoms with Crippen LogP contribution in [0.15, 0.2) is 30.9 Å². The fourth-order valence-electron chi connectivity index (χ4n) is 2.22. The van der Waals surface area contributed by atoms with Crippen LogP contribution in [-0.2, 0) is 9.53 Å². The van der Waals surface area contributed by atoms with Crippen molar-refractivity contribution in [3.63, 3.8) is 0 Å². The molecule has 0 aromatic heterocycles. The quantitative estimate of drug-likeness (QED) is 0.445. The topological polar surface area (TPSA) is 136 Å². The molecule has 3 N–H and O–H groups in total. The van der Waals surface area contributed by atoms with E-state index in [1.165, 1.54) is 31.2 Å². The lowest BCUT2D eigenvalue weighted by Gasteiger charge is -2.12. The van der Waals surface area contributed by atoms with Gasteiger partial charge >= 0.3 is 12.0 Å². The highest BCUT2D eigenvalue weighted by molar-refractivity contribution is 6.22.